The number of benzene rings is 1. The maximum atomic E-state index is 11.9. The van der Waals surface area contributed by atoms with Crippen LogP contribution in [0.4, 0.5) is 5.13 Å². The van der Waals surface area contributed by atoms with E-state index in [0.717, 1.165) is 11.3 Å². The lowest BCUT2D eigenvalue weighted by atomic mass is 10.1. The summed E-state index contributed by atoms with van der Waals surface area (Å²) in [6.45, 7) is 1.81. The Morgan fingerprint density at radius 3 is 3.04 bits per heavy atom. The summed E-state index contributed by atoms with van der Waals surface area (Å²) < 4.78 is 1.54. The Labute approximate surface area is 141 Å². The van der Waals surface area contributed by atoms with Crippen molar-refractivity contribution in [3.8, 4) is 5.69 Å². The minimum atomic E-state index is -0.253. The largest absolute Gasteiger partial charge is 0.375 e. The number of thiazole rings is 1. The minimum Gasteiger partial charge on any atom is -0.375 e. The Balaban J connectivity index is 1.67. The first-order valence-corrected chi connectivity index (χ1v) is 7.86. The fourth-order valence-corrected chi connectivity index (χ4v) is 2.53. The highest BCUT2D eigenvalue weighted by Gasteiger charge is 2.07. The van der Waals surface area contributed by atoms with Gasteiger partial charge in [0.2, 0.25) is 5.91 Å². The maximum Gasteiger partial charge on any atom is 0.246 e. The van der Waals surface area contributed by atoms with Crippen LogP contribution in [0.1, 0.15) is 18.2 Å². The van der Waals surface area contributed by atoms with Crippen molar-refractivity contribution in [2.75, 3.05) is 5.73 Å². The van der Waals surface area contributed by atoms with E-state index in [9.17, 15) is 4.79 Å². The van der Waals surface area contributed by atoms with Crippen LogP contribution in [0.2, 0.25) is 0 Å². The third kappa shape index (κ3) is 3.79. The summed E-state index contributed by atoms with van der Waals surface area (Å²) in [4.78, 5) is 15.9. The maximum absolute atomic E-state index is 11.9. The SMILES string of the molecule is CC(=NNC(=O)Cc1csc(N)n1)c1cccc(-n2cnnn2)c1. The van der Waals surface area contributed by atoms with Gasteiger partial charge in [-0.15, -0.1) is 16.4 Å². The molecule has 0 aliphatic carbocycles. The first kappa shape index (κ1) is 15.7. The predicted octanol–water partition coefficient (Wildman–Crippen LogP) is 0.784. The number of amides is 1. The van der Waals surface area contributed by atoms with Gasteiger partial charge in [-0.25, -0.2) is 15.1 Å². The number of hydrogen-bond acceptors (Lipinski definition) is 8. The highest BCUT2D eigenvalue weighted by atomic mass is 32.1. The van der Waals surface area contributed by atoms with Crippen molar-refractivity contribution < 1.29 is 4.79 Å². The van der Waals surface area contributed by atoms with Crippen molar-refractivity contribution in [1.82, 2.24) is 30.6 Å². The molecular formula is C14H14N8OS. The highest BCUT2D eigenvalue weighted by Crippen LogP contribution is 2.12. The molecule has 0 spiro atoms. The zero-order valence-corrected chi connectivity index (χ0v) is 13.6. The monoisotopic (exact) mass is 342 g/mol. The quantitative estimate of drug-likeness (QED) is 0.522. The second kappa shape index (κ2) is 6.96. The molecule has 3 aromatic rings. The fourth-order valence-electron chi connectivity index (χ4n) is 1.97. The molecule has 3 rings (SSSR count). The van der Waals surface area contributed by atoms with Gasteiger partial charge in [-0.2, -0.15) is 5.10 Å². The van der Waals surface area contributed by atoms with Crippen LogP contribution in [-0.2, 0) is 11.2 Å². The smallest absolute Gasteiger partial charge is 0.246 e. The van der Waals surface area contributed by atoms with Gasteiger partial charge in [-0.3, -0.25) is 4.79 Å². The molecule has 1 amide bonds. The highest BCUT2D eigenvalue weighted by molar-refractivity contribution is 7.13. The van der Waals surface area contributed by atoms with E-state index in [0.29, 0.717) is 16.5 Å². The lowest BCUT2D eigenvalue weighted by Crippen LogP contribution is -2.21. The summed E-state index contributed by atoms with van der Waals surface area (Å²) in [7, 11) is 0. The summed E-state index contributed by atoms with van der Waals surface area (Å²) in [6, 6.07) is 7.51. The Kier molecular flexibility index (Phi) is 4.57. The molecule has 2 aromatic heterocycles. The average molecular weight is 342 g/mol. The first-order chi connectivity index (χ1) is 11.6. The van der Waals surface area contributed by atoms with Crippen LogP contribution in [0, 0.1) is 0 Å². The summed E-state index contributed by atoms with van der Waals surface area (Å²) in [5.41, 5.74) is 11.0. The normalized spacial score (nSPS) is 11.5. The van der Waals surface area contributed by atoms with Crippen molar-refractivity contribution in [3.05, 3.63) is 47.2 Å². The van der Waals surface area contributed by atoms with Gasteiger partial charge in [0, 0.05) is 5.38 Å². The molecule has 0 saturated carbocycles. The molecule has 9 nitrogen and oxygen atoms in total. The van der Waals surface area contributed by atoms with Crippen LogP contribution in [-0.4, -0.2) is 36.8 Å². The number of hydrazone groups is 1. The van der Waals surface area contributed by atoms with E-state index in [1.54, 1.807) is 17.0 Å². The standard InChI is InChI=1S/C14H14N8OS/c1-9(18-19-13(23)6-11-7-24-14(15)17-11)10-3-2-4-12(5-10)22-8-16-20-21-22/h2-5,7-8H,6H2,1H3,(H2,15,17)(H,19,23). The Bertz CT molecular complexity index is 871. The third-order valence-corrected chi connectivity index (χ3v) is 3.86. The first-order valence-electron chi connectivity index (χ1n) is 6.98. The lowest BCUT2D eigenvalue weighted by Gasteiger charge is -2.05. The number of anilines is 1. The topological polar surface area (TPSA) is 124 Å². The zero-order valence-electron chi connectivity index (χ0n) is 12.7. The molecule has 0 fully saturated rings. The lowest BCUT2D eigenvalue weighted by molar-refractivity contribution is -0.120. The fraction of sp³-hybridized carbons (Fsp3) is 0.143. The van der Waals surface area contributed by atoms with E-state index >= 15 is 0 Å². The predicted molar refractivity (Wildman–Crippen MR) is 89.7 cm³/mol. The Morgan fingerprint density at radius 2 is 2.33 bits per heavy atom. The molecule has 122 valence electrons. The van der Waals surface area contributed by atoms with Gasteiger partial charge in [0.25, 0.3) is 0 Å². The van der Waals surface area contributed by atoms with Crippen molar-refractivity contribution in [3.63, 3.8) is 0 Å². The Morgan fingerprint density at radius 1 is 1.46 bits per heavy atom. The van der Waals surface area contributed by atoms with Crippen LogP contribution < -0.4 is 11.2 Å². The molecule has 1 aromatic carbocycles. The minimum absolute atomic E-state index is 0.134. The number of nitrogen functional groups attached to an aromatic ring is 1. The summed E-state index contributed by atoms with van der Waals surface area (Å²) in [6.07, 6.45) is 1.64. The number of hydrogen-bond donors (Lipinski definition) is 2. The number of carbonyl (C=O) groups excluding carboxylic acids is 1. The zero-order chi connectivity index (χ0) is 16.9. The van der Waals surface area contributed by atoms with Crippen LogP contribution in [0.15, 0.2) is 41.1 Å². The molecule has 24 heavy (non-hydrogen) atoms. The van der Waals surface area contributed by atoms with Gasteiger partial charge in [0.05, 0.1) is 23.5 Å². The van der Waals surface area contributed by atoms with Crippen LogP contribution in [0.25, 0.3) is 5.69 Å². The third-order valence-electron chi connectivity index (χ3n) is 3.14. The van der Waals surface area contributed by atoms with E-state index in [1.165, 1.54) is 17.7 Å². The molecule has 0 atom stereocenters. The second-order valence-corrected chi connectivity index (χ2v) is 5.78. The van der Waals surface area contributed by atoms with E-state index < -0.39 is 0 Å². The molecule has 0 aliphatic rings. The van der Waals surface area contributed by atoms with Crippen LogP contribution in [0.3, 0.4) is 0 Å². The number of aromatic nitrogens is 5. The summed E-state index contributed by atoms with van der Waals surface area (Å²) in [5.74, 6) is -0.253. The molecule has 0 unspecified atom stereocenters. The number of nitrogens with two attached hydrogens (primary N) is 1. The molecule has 0 saturated heterocycles. The number of nitrogens with zero attached hydrogens (tertiary/aromatic N) is 6. The van der Waals surface area contributed by atoms with Crippen LogP contribution in [0.5, 0.6) is 0 Å². The number of rotatable bonds is 5. The molecule has 3 N–H and O–H groups in total. The van der Waals surface area contributed by atoms with Crippen LogP contribution >= 0.6 is 11.3 Å². The molecule has 0 aliphatic heterocycles. The van der Waals surface area contributed by atoms with Gasteiger partial charge in [-0.1, -0.05) is 12.1 Å². The number of carbonyl (C=O) groups is 1. The van der Waals surface area contributed by atoms with Gasteiger partial charge < -0.3 is 5.73 Å². The van der Waals surface area contributed by atoms with Crippen molar-refractivity contribution >= 4 is 28.1 Å². The van der Waals surface area contributed by atoms with E-state index in [4.69, 9.17) is 5.73 Å². The summed E-state index contributed by atoms with van der Waals surface area (Å²) in [5, 5.41) is 17.4. The molecule has 0 bridgehead atoms. The molecule has 10 heteroatoms. The van der Waals surface area contributed by atoms with Gasteiger partial charge in [-0.05, 0) is 35.0 Å². The summed E-state index contributed by atoms with van der Waals surface area (Å²) >= 11 is 1.30. The number of tetrazole rings is 1. The second-order valence-electron chi connectivity index (χ2n) is 4.89. The van der Waals surface area contributed by atoms with Gasteiger partial charge in [0.1, 0.15) is 6.33 Å². The molecule has 0 radical (unpaired) electrons. The Hall–Kier alpha value is -3.14. The van der Waals surface area contributed by atoms with E-state index in [2.05, 4.69) is 31.0 Å². The van der Waals surface area contributed by atoms with Crippen molar-refractivity contribution in [1.29, 1.82) is 0 Å². The molecular weight excluding hydrogens is 328 g/mol. The molecule has 2 heterocycles. The average Bonchev–Trinajstić information content (AvgIpc) is 3.25. The van der Waals surface area contributed by atoms with Gasteiger partial charge >= 0.3 is 0 Å². The number of nitrogens with one attached hydrogen (secondary N) is 1. The van der Waals surface area contributed by atoms with Crippen molar-refractivity contribution in [2.24, 2.45) is 5.10 Å². The van der Waals surface area contributed by atoms with E-state index in [1.807, 2.05) is 24.3 Å². The van der Waals surface area contributed by atoms with Crippen molar-refractivity contribution in [2.45, 2.75) is 13.3 Å². The van der Waals surface area contributed by atoms with Gasteiger partial charge in [0.15, 0.2) is 5.13 Å². The van der Waals surface area contributed by atoms with E-state index in [-0.39, 0.29) is 12.3 Å².